The summed E-state index contributed by atoms with van der Waals surface area (Å²) < 4.78 is 1.37. The molecule has 0 aromatic heterocycles. The van der Waals surface area contributed by atoms with Crippen molar-refractivity contribution in [1.82, 2.24) is 0 Å². The van der Waals surface area contributed by atoms with Gasteiger partial charge in [0.05, 0.1) is 5.70 Å². The van der Waals surface area contributed by atoms with E-state index in [9.17, 15) is 0 Å². The summed E-state index contributed by atoms with van der Waals surface area (Å²) in [5.74, 6) is 0.250. The third-order valence-corrected chi connectivity index (χ3v) is 1.21. The van der Waals surface area contributed by atoms with E-state index in [2.05, 4.69) is 11.7 Å². The summed E-state index contributed by atoms with van der Waals surface area (Å²) >= 11 is 0. The van der Waals surface area contributed by atoms with E-state index in [1.165, 1.54) is 10.9 Å². The fourth-order valence-corrected chi connectivity index (χ4v) is 0.671. The lowest BCUT2D eigenvalue weighted by molar-refractivity contribution is -0.240. The first-order chi connectivity index (χ1) is 4.63. The first kappa shape index (κ1) is 6.67. The molecular formula is C6H9N4+. The molecule has 1 rings (SSSR count). The third-order valence-electron chi connectivity index (χ3n) is 1.21. The zero-order valence-electron chi connectivity index (χ0n) is 5.76. The van der Waals surface area contributed by atoms with Crippen LogP contribution in [-0.4, -0.2) is 23.5 Å². The summed E-state index contributed by atoms with van der Waals surface area (Å²) in [7, 11) is 0. The lowest BCUT2D eigenvalue weighted by Crippen LogP contribution is -2.13. The molecule has 3 N–H and O–H groups in total. The van der Waals surface area contributed by atoms with Crippen LogP contribution in [0.2, 0.25) is 0 Å². The molecule has 0 bridgehead atoms. The number of nitrogens with one attached hydrogen (secondary N) is 1. The summed E-state index contributed by atoms with van der Waals surface area (Å²) in [5.41, 5.74) is 6.48. The predicted octanol–water partition coefficient (Wildman–Crippen LogP) is -0.0911. The number of amidine groups is 1. The molecule has 0 aromatic carbocycles. The minimum Gasteiger partial charge on any atom is -0.399 e. The largest absolute Gasteiger partial charge is 0.399 e. The van der Waals surface area contributed by atoms with Gasteiger partial charge in [0.15, 0.2) is 0 Å². The first-order valence-electron chi connectivity index (χ1n) is 2.82. The molecular weight excluding hydrogens is 128 g/mol. The number of hydrogen-bond acceptors (Lipinski definition) is 3. The van der Waals surface area contributed by atoms with Crippen molar-refractivity contribution >= 4 is 18.9 Å². The Morgan fingerprint density at radius 1 is 1.90 bits per heavy atom. The summed E-state index contributed by atoms with van der Waals surface area (Å²) in [6.07, 6.45) is 1.47. The van der Waals surface area contributed by atoms with Gasteiger partial charge in [-0.3, -0.25) is 0 Å². The molecule has 0 fully saturated rings. The second-order valence-corrected chi connectivity index (χ2v) is 2.09. The van der Waals surface area contributed by atoms with Gasteiger partial charge in [-0.25, -0.2) is 4.58 Å². The number of aliphatic imine (C=N–C) groups is 1. The lowest BCUT2D eigenvalue weighted by atomic mass is 10.3. The van der Waals surface area contributed by atoms with Gasteiger partial charge in [0.2, 0.25) is 12.0 Å². The molecule has 1 heterocycles. The van der Waals surface area contributed by atoms with Crippen LogP contribution in [0.25, 0.3) is 0 Å². The summed E-state index contributed by atoms with van der Waals surface area (Å²) in [6.45, 7) is 5.23. The fraction of sp³-hybridized carbons (Fsp3) is 0.167. The van der Waals surface area contributed by atoms with Gasteiger partial charge in [0.1, 0.15) is 0 Å². The quantitative estimate of drug-likeness (QED) is 0.450. The topological polar surface area (TPSA) is 65.2 Å². The maximum absolute atomic E-state index is 7.34. The van der Waals surface area contributed by atoms with Gasteiger partial charge in [-0.2, -0.15) is 5.41 Å². The number of nitrogens with zero attached hydrogens (tertiary/aromatic N) is 2. The second kappa shape index (κ2) is 2.06. The van der Waals surface area contributed by atoms with E-state index in [0.29, 0.717) is 11.4 Å². The molecule has 0 amide bonds. The molecule has 4 heteroatoms. The Kier molecular flexibility index (Phi) is 1.37. The highest BCUT2D eigenvalue weighted by atomic mass is 15.2. The molecule has 0 radical (unpaired) electrons. The third kappa shape index (κ3) is 0.834. The highest BCUT2D eigenvalue weighted by Crippen LogP contribution is 2.07. The second-order valence-electron chi connectivity index (χ2n) is 2.09. The zero-order chi connectivity index (χ0) is 7.72. The van der Waals surface area contributed by atoms with Gasteiger partial charge in [0.25, 0.3) is 0 Å². The summed E-state index contributed by atoms with van der Waals surface area (Å²) in [5, 5.41) is 7.34. The Hall–Kier alpha value is -1.45. The molecule has 4 nitrogen and oxygen atoms in total. The Bertz CT molecular complexity index is 255. The van der Waals surface area contributed by atoms with Crippen LogP contribution in [0.3, 0.4) is 0 Å². The molecule has 0 aromatic rings. The van der Waals surface area contributed by atoms with Gasteiger partial charge < -0.3 is 5.73 Å². The van der Waals surface area contributed by atoms with Gasteiger partial charge in [-0.1, -0.05) is 0 Å². The van der Waals surface area contributed by atoms with Crippen LogP contribution in [0.15, 0.2) is 16.4 Å². The van der Waals surface area contributed by atoms with Crippen molar-refractivity contribution in [1.29, 1.82) is 5.41 Å². The minimum absolute atomic E-state index is 0.250. The molecule has 1 aliphatic rings. The van der Waals surface area contributed by atoms with Gasteiger partial charge in [-0.05, 0) is 6.92 Å². The van der Waals surface area contributed by atoms with Gasteiger partial charge in [-0.15, -0.1) is 4.99 Å². The van der Waals surface area contributed by atoms with Crippen LogP contribution in [0, 0.1) is 5.41 Å². The van der Waals surface area contributed by atoms with Crippen LogP contribution < -0.4 is 5.73 Å². The van der Waals surface area contributed by atoms with Gasteiger partial charge in [0, 0.05) is 6.72 Å². The molecule has 0 saturated carbocycles. The first-order valence-corrected chi connectivity index (χ1v) is 2.82. The van der Waals surface area contributed by atoms with Crippen molar-refractivity contribution in [2.75, 3.05) is 0 Å². The average molecular weight is 137 g/mol. The van der Waals surface area contributed by atoms with Crippen molar-refractivity contribution in [3.8, 4) is 0 Å². The zero-order valence-corrected chi connectivity index (χ0v) is 5.76. The Balaban J connectivity index is 3.09. The summed E-state index contributed by atoms with van der Waals surface area (Å²) in [6, 6.07) is 0. The number of hydrogen-bond donors (Lipinski definition) is 2. The maximum atomic E-state index is 7.34. The van der Waals surface area contributed by atoms with Crippen LogP contribution in [-0.2, 0) is 0 Å². The molecule has 1 aliphatic heterocycles. The van der Waals surface area contributed by atoms with E-state index in [1.807, 2.05) is 0 Å². The van der Waals surface area contributed by atoms with E-state index in [0.717, 1.165) is 0 Å². The molecule has 0 spiro atoms. The smallest absolute Gasteiger partial charge is 0.303 e. The van der Waals surface area contributed by atoms with Crippen molar-refractivity contribution in [2.45, 2.75) is 6.92 Å². The predicted molar refractivity (Wildman–Crippen MR) is 40.5 cm³/mol. The van der Waals surface area contributed by atoms with Crippen molar-refractivity contribution in [3.05, 3.63) is 11.4 Å². The SMILES string of the molecule is C=[N+]1C=NC(=C(C)N)C1=N. The van der Waals surface area contributed by atoms with E-state index < -0.39 is 0 Å². The van der Waals surface area contributed by atoms with Crippen molar-refractivity contribution in [2.24, 2.45) is 10.7 Å². The average Bonchev–Trinajstić information content (AvgIpc) is 2.14. The number of allylic oxidation sites excluding steroid dienone is 1. The Labute approximate surface area is 58.9 Å². The maximum Gasteiger partial charge on any atom is 0.303 e. The van der Waals surface area contributed by atoms with E-state index in [4.69, 9.17) is 11.1 Å². The number of rotatable bonds is 0. The van der Waals surface area contributed by atoms with Crippen molar-refractivity contribution in [3.63, 3.8) is 0 Å². The fourth-order valence-electron chi connectivity index (χ4n) is 0.671. The van der Waals surface area contributed by atoms with Crippen LogP contribution in [0.5, 0.6) is 0 Å². The number of nitrogens with two attached hydrogens (primary N) is 1. The van der Waals surface area contributed by atoms with Crippen LogP contribution in [0.4, 0.5) is 0 Å². The minimum atomic E-state index is 0.250. The molecule has 0 saturated heterocycles. The Morgan fingerprint density at radius 3 is 2.70 bits per heavy atom. The molecule has 52 valence electrons. The molecule has 10 heavy (non-hydrogen) atoms. The van der Waals surface area contributed by atoms with Gasteiger partial charge >= 0.3 is 5.84 Å². The van der Waals surface area contributed by atoms with E-state index >= 15 is 0 Å². The highest BCUT2D eigenvalue weighted by Gasteiger charge is 2.22. The normalized spacial score (nSPS) is 22.1. The van der Waals surface area contributed by atoms with Crippen LogP contribution >= 0.6 is 0 Å². The lowest BCUT2D eigenvalue weighted by Gasteiger charge is -1.89. The molecule has 0 unspecified atom stereocenters. The standard InChI is InChI=1S/C6H9N4/c1-4(7)5-6(8)10(2)3-9-5/h3,8H,2,7H2,1H3/q+1. The van der Waals surface area contributed by atoms with Crippen molar-refractivity contribution < 1.29 is 4.58 Å². The summed E-state index contributed by atoms with van der Waals surface area (Å²) in [4.78, 5) is 3.87. The molecule has 0 atom stereocenters. The van der Waals surface area contributed by atoms with Crippen LogP contribution in [0.1, 0.15) is 6.92 Å². The monoisotopic (exact) mass is 137 g/mol. The Morgan fingerprint density at radius 2 is 2.50 bits per heavy atom. The molecule has 0 aliphatic carbocycles. The van der Waals surface area contributed by atoms with E-state index in [-0.39, 0.29) is 5.84 Å². The van der Waals surface area contributed by atoms with E-state index in [1.54, 1.807) is 6.92 Å². The highest BCUT2D eigenvalue weighted by molar-refractivity contribution is 5.98.